The molecule has 0 amide bonds. The summed E-state index contributed by atoms with van der Waals surface area (Å²) in [5, 5.41) is 64.7. The SMILES string of the molecule is CC(CO)CC[C@@H](O)[C@](C)(O)[C@H]1CC[C@@]2(O)C3=CC(=O)[C@@H]4C[C@@H](O)[C@@H](O)C[C@]4(C)[C@H]3CC[C@]12C. The van der Waals surface area contributed by atoms with Gasteiger partial charge < -0.3 is 30.6 Å². The van der Waals surface area contributed by atoms with Crippen molar-refractivity contribution in [1.29, 1.82) is 0 Å². The largest absolute Gasteiger partial charge is 0.396 e. The second-order valence-corrected chi connectivity index (χ2v) is 12.7. The van der Waals surface area contributed by atoms with Crippen LogP contribution in [0.25, 0.3) is 0 Å². The fourth-order valence-electron chi connectivity index (χ4n) is 8.37. The molecule has 0 heterocycles. The van der Waals surface area contributed by atoms with Gasteiger partial charge in [-0.25, -0.2) is 0 Å². The summed E-state index contributed by atoms with van der Waals surface area (Å²) in [5.74, 6) is -0.859. The number of carbonyl (C=O) groups is 1. The van der Waals surface area contributed by atoms with Gasteiger partial charge in [0.25, 0.3) is 0 Å². The van der Waals surface area contributed by atoms with Crippen molar-refractivity contribution < 1.29 is 35.4 Å². The van der Waals surface area contributed by atoms with E-state index in [1.165, 1.54) is 0 Å². The Hall–Kier alpha value is -0.830. The summed E-state index contributed by atoms with van der Waals surface area (Å²) in [5.41, 5.74) is -3.21. The van der Waals surface area contributed by atoms with E-state index in [1.807, 2.05) is 20.8 Å². The number of allylic oxidation sites excluding steroid dienone is 1. The van der Waals surface area contributed by atoms with Crippen LogP contribution < -0.4 is 0 Å². The highest BCUT2D eigenvalue weighted by Crippen LogP contribution is 2.68. The lowest BCUT2D eigenvalue weighted by molar-refractivity contribution is -0.176. The monoisotopic (exact) mass is 480 g/mol. The molecule has 194 valence electrons. The molecule has 0 radical (unpaired) electrons. The molecule has 7 heteroatoms. The van der Waals surface area contributed by atoms with Crippen LogP contribution in [0.3, 0.4) is 0 Å². The van der Waals surface area contributed by atoms with Crippen LogP contribution in [0.15, 0.2) is 11.6 Å². The third-order valence-corrected chi connectivity index (χ3v) is 10.7. The lowest BCUT2D eigenvalue weighted by Gasteiger charge is -2.60. The number of fused-ring (bicyclic) bond motifs is 5. The highest BCUT2D eigenvalue weighted by molar-refractivity contribution is 5.95. The number of carbonyl (C=O) groups excluding carboxylic acids is 1. The van der Waals surface area contributed by atoms with E-state index in [9.17, 15) is 35.4 Å². The standard InChI is InChI=1S/C27H44O7/c1-15(14-28)5-6-23(32)26(4,33)22-8-10-27(34)17-11-19(29)18-12-20(30)21(31)13-24(18,2)16(17)7-9-25(22,27)3/h11,15-16,18,20-23,28,30-34H,5-10,12-14H2,1-4H3/t15?,16-,18-,20+,21-,22-,23+,24+,25+,26+,27+/m0/s1. The van der Waals surface area contributed by atoms with Gasteiger partial charge in [0.1, 0.15) is 0 Å². The second-order valence-electron chi connectivity index (χ2n) is 12.7. The predicted octanol–water partition coefficient (Wildman–Crippen LogP) is 1.71. The average molecular weight is 481 g/mol. The summed E-state index contributed by atoms with van der Waals surface area (Å²) < 4.78 is 0. The van der Waals surface area contributed by atoms with E-state index in [4.69, 9.17) is 0 Å². The van der Waals surface area contributed by atoms with Gasteiger partial charge in [-0.2, -0.15) is 0 Å². The minimum atomic E-state index is -1.42. The Morgan fingerprint density at radius 1 is 1.12 bits per heavy atom. The molecule has 34 heavy (non-hydrogen) atoms. The van der Waals surface area contributed by atoms with Crippen LogP contribution in [0, 0.1) is 34.5 Å². The van der Waals surface area contributed by atoms with Gasteiger partial charge in [0, 0.05) is 17.9 Å². The zero-order valence-electron chi connectivity index (χ0n) is 21.1. The van der Waals surface area contributed by atoms with Crippen LogP contribution in [0.1, 0.15) is 79.1 Å². The molecule has 0 spiro atoms. The van der Waals surface area contributed by atoms with Crippen molar-refractivity contribution >= 4 is 5.78 Å². The van der Waals surface area contributed by atoms with Crippen molar-refractivity contribution in [2.24, 2.45) is 34.5 Å². The average Bonchev–Trinajstić information content (AvgIpc) is 3.06. The quantitative estimate of drug-likeness (QED) is 0.340. The lowest BCUT2D eigenvalue weighted by Crippen LogP contribution is -2.62. The molecule has 0 aromatic heterocycles. The zero-order chi connectivity index (χ0) is 25.3. The number of rotatable bonds is 6. The molecule has 3 saturated carbocycles. The van der Waals surface area contributed by atoms with Crippen molar-refractivity contribution in [3.63, 3.8) is 0 Å². The van der Waals surface area contributed by atoms with Crippen molar-refractivity contribution in [2.75, 3.05) is 6.61 Å². The summed E-state index contributed by atoms with van der Waals surface area (Å²) in [4.78, 5) is 13.3. The molecule has 7 nitrogen and oxygen atoms in total. The maximum absolute atomic E-state index is 13.3. The third kappa shape index (κ3) is 3.65. The van der Waals surface area contributed by atoms with Crippen LogP contribution >= 0.6 is 0 Å². The molecule has 4 rings (SSSR count). The van der Waals surface area contributed by atoms with Gasteiger partial charge >= 0.3 is 0 Å². The predicted molar refractivity (Wildman–Crippen MR) is 127 cm³/mol. The second kappa shape index (κ2) is 8.63. The molecular weight excluding hydrogens is 436 g/mol. The Morgan fingerprint density at radius 3 is 2.44 bits per heavy atom. The molecule has 0 saturated heterocycles. The van der Waals surface area contributed by atoms with Crippen molar-refractivity contribution in [3.8, 4) is 0 Å². The molecule has 6 N–H and O–H groups in total. The maximum atomic E-state index is 13.3. The van der Waals surface area contributed by atoms with E-state index < -0.39 is 40.3 Å². The van der Waals surface area contributed by atoms with Crippen molar-refractivity contribution in [1.82, 2.24) is 0 Å². The Bertz CT molecular complexity index is 839. The molecule has 4 aliphatic carbocycles. The maximum Gasteiger partial charge on any atom is 0.159 e. The number of hydrogen-bond acceptors (Lipinski definition) is 7. The van der Waals surface area contributed by atoms with E-state index in [2.05, 4.69) is 0 Å². The summed E-state index contributed by atoms with van der Waals surface area (Å²) in [6.07, 6.45) is 2.65. The Balaban J connectivity index is 1.65. The van der Waals surface area contributed by atoms with Gasteiger partial charge in [-0.05, 0) is 93.1 Å². The number of aliphatic hydroxyl groups is 6. The van der Waals surface area contributed by atoms with Crippen LogP contribution in [-0.4, -0.2) is 72.5 Å². The van der Waals surface area contributed by atoms with Crippen LogP contribution in [0.4, 0.5) is 0 Å². The topological polar surface area (TPSA) is 138 Å². The molecule has 0 aromatic rings. The Labute approximate surface area is 202 Å². The van der Waals surface area contributed by atoms with Gasteiger partial charge in [0.2, 0.25) is 0 Å². The molecule has 4 aliphatic rings. The van der Waals surface area contributed by atoms with Crippen molar-refractivity contribution in [2.45, 2.75) is 109 Å². The molecule has 0 aliphatic heterocycles. The first-order chi connectivity index (χ1) is 15.7. The minimum Gasteiger partial charge on any atom is -0.396 e. The number of hydrogen-bond donors (Lipinski definition) is 6. The Kier molecular flexibility index (Phi) is 6.66. The first-order valence-electron chi connectivity index (χ1n) is 13.1. The van der Waals surface area contributed by atoms with Gasteiger partial charge in [-0.15, -0.1) is 0 Å². The normalized spacial score (nSPS) is 47.6. The van der Waals surface area contributed by atoms with Crippen LogP contribution in [0.2, 0.25) is 0 Å². The zero-order valence-corrected chi connectivity index (χ0v) is 21.1. The van der Waals surface area contributed by atoms with E-state index in [-0.39, 0.29) is 42.5 Å². The van der Waals surface area contributed by atoms with Crippen LogP contribution in [0.5, 0.6) is 0 Å². The van der Waals surface area contributed by atoms with Gasteiger partial charge in [0.15, 0.2) is 5.78 Å². The Morgan fingerprint density at radius 2 is 1.79 bits per heavy atom. The van der Waals surface area contributed by atoms with E-state index in [0.29, 0.717) is 38.5 Å². The fourth-order valence-corrected chi connectivity index (χ4v) is 8.37. The molecule has 0 aromatic carbocycles. The van der Waals surface area contributed by atoms with Crippen molar-refractivity contribution in [3.05, 3.63) is 11.6 Å². The summed E-state index contributed by atoms with van der Waals surface area (Å²) >= 11 is 0. The third-order valence-electron chi connectivity index (χ3n) is 10.7. The fraction of sp³-hybridized carbons (Fsp3) is 0.889. The summed E-state index contributed by atoms with van der Waals surface area (Å²) in [6.45, 7) is 7.59. The van der Waals surface area contributed by atoms with E-state index in [1.54, 1.807) is 13.0 Å². The number of aliphatic hydroxyl groups excluding tert-OH is 4. The molecule has 0 bridgehead atoms. The summed E-state index contributed by atoms with van der Waals surface area (Å²) in [7, 11) is 0. The van der Waals surface area contributed by atoms with Gasteiger partial charge in [-0.3, -0.25) is 4.79 Å². The van der Waals surface area contributed by atoms with Gasteiger partial charge in [0.05, 0.1) is 29.5 Å². The number of ketones is 1. The molecule has 11 atom stereocenters. The molecular formula is C27H44O7. The molecule has 1 unspecified atom stereocenters. The van der Waals surface area contributed by atoms with Crippen LogP contribution in [-0.2, 0) is 4.79 Å². The van der Waals surface area contributed by atoms with Gasteiger partial charge in [-0.1, -0.05) is 20.8 Å². The van der Waals surface area contributed by atoms with E-state index in [0.717, 1.165) is 12.0 Å². The summed E-state index contributed by atoms with van der Waals surface area (Å²) in [6, 6.07) is 0. The highest BCUT2D eigenvalue weighted by atomic mass is 16.3. The highest BCUT2D eigenvalue weighted by Gasteiger charge is 2.69. The van der Waals surface area contributed by atoms with E-state index >= 15 is 0 Å². The lowest BCUT2D eigenvalue weighted by atomic mass is 9.45. The smallest absolute Gasteiger partial charge is 0.159 e. The first kappa shape index (κ1) is 26.2. The molecule has 3 fully saturated rings. The minimum absolute atomic E-state index is 0.0326. The first-order valence-corrected chi connectivity index (χ1v) is 13.1.